The van der Waals surface area contributed by atoms with Crippen molar-refractivity contribution in [1.82, 2.24) is 19.9 Å². The molecule has 1 saturated heterocycles. The van der Waals surface area contributed by atoms with E-state index in [2.05, 4.69) is 22.5 Å². The average molecular weight is 393 g/mol. The van der Waals surface area contributed by atoms with Crippen LogP contribution >= 0.6 is 0 Å². The Morgan fingerprint density at radius 2 is 1.93 bits per heavy atom. The maximum Gasteiger partial charge on any atom is 0.256 e. The predicted octanol–water partition coefficient (Wildman–Crippen LogP) is 1.74. The zero-order valence-electron chi connectivity index (χ0n) is 17.4. The van der Waals surface area contributed by atoms with Gasteiger partial charge in [-0.25, -0.2) is 9.50 Å². The lowest BCUT2D eigenvalue weighted by Gasteiger charge is -2.12. The van der Waals surface area contributed by atoms with Crippen LogP contribution in [0.25, 0.3) is 5.65 Å². The van der Waals surface area contributed by atoms with Gasteiger partial charge in [0.1, 0.15) is 5.56 Å². The number of carbonyl (C=O) groups is 1. The Balaban J connectivity index is 1.47. The summed E-state index contributed by atoms with van der Waals surface area (Å²) in [6.45, 7) is 8.44. The van der Waals surface area contributed by atoms with E-state index in [-0.39, 0.29) is 5.91 Å². The topological polar surface area (TPSA) is 63.7 Å². The molecule has 6 heteroatoms. The molecule has 3 aromatic rings. The molecule has 1 aromatic carbocycles. The maximum atomic E-state index is 12.7. The second-order valence-electron chi connectivity index (χ2n) is 8.03. The van der Waals surface area contributed by atoms with Crippen LogP contribution in [0.15, 0.2) is 36.5 Å². The van der Waals surface area contributed by atoms with Crippen LogP contribution in [-0.4, -0.2) is 46.7 Å². The van der Waals surface area contributed by atoms with Gasteiger partial charge in [0.15, 0.2) is 5.65 Å². The standard InChI is InChI=1S/C23H29N5O/c1-17-20(15-19-9-4-3-5-10-19)18(2)28-22(26-17)21(16-25-28)23(29)24-11-8-14-27-12-6-7-13-27/h3-5,9-10,16H,6-8,11-15H2,1-2H3,(H,24,29)/p+1. The highest BCUT2D eigenvalue weighted by molar-refractivity contribution is 5.99. The highest BCUT2D eigenvalue weighted by Crippen LogP contribution is 2.20. The van der Waals surface area contributed by atoms with Crippen molar-refractivity contribution in [2.45, 2.75) is 39.5 Å². The Morgan fingerprint density at radius 1 is 1.17 bits per heavy atom. The van der Waals surface area contributed by atoms with E-state index in [1.807, 2.05) is 32.0 Å². The van der Waals surface area contributed by atoms with Gasteiger partial charge in [-0.3, -0.25) is 4.79 Å². The van der Waals surface area contributed by atoms with Crippen LogP contribution in [0.2, 0.25) is 0 Å². The molecule has 3 heterocycles. The van der Waals surface area contributed by atoms with E-state index in [1.165, 1.54) is 31.5 Å². The second kappa shape index (κ2) is 8.74. The number of benzene rings is 1. The summed E-state index contributed by atoms with van der Waals surface area (Å²) in [7, 11) is 0. The molecule has 2 N–H and O–H groups in total. The smallest absolute Gasteiger partial charge is 0.256 e. The third kappa shape index (κ3) is 4.32. The molecule has 0 bridgehead atoms. The summed E-state index contributed by atoms with van der Waals surface area (Å²) >= 11 is 0. The fraction of sp³-hybridized carbons (Fsp3) is 0.435. The second-order valence-corrected chi connectivity index (χ2v) is 8.03. The number of carbonyl (C=O) groups excluding carboxylic acids is 1. The van der Waals surface area contributed by atoms with Gasteiger partial charge in [-0.1, -0.05) is 30.3 Å². The van der Waals surface area contributed by atoms with Gasteiger partial charge in [-0.05, 0) is 25.0 Å². The fourth-order valence-electron chi connectivity index (χ4n) is 4.29. The van der Waals surface area contributed by atoms with Crippen LogP contribution in [0.4, 0.5) is 0 Å². The number of amides is 1. The first-order valence-corrected chi connectivity index (χ1v) is 10.6. The SMILES string of the molecule is Cc1nc2c(C(=O)NCCC[NH+]3CCCC3)cnn2c(C)c1Cc1ccccc1. The van der Waals surface area contributed by atoms with Crippen molar-refractivity contribution in [3.05, 3.63) is 64.6 Å². The molecule has 152 valence electrons. The molecule has 0 spiro atoms. The Morgan fingerprint density at radius 3 is 2.69 bits per heavy atom. The van der Waals surface area contributed by atoms with Crippen molar-refractivity contribution in [3.8, 4) is 0 Å². The normalized spacial score (nSPS) is 14.6. The van der Waals surface area contributed by atoms with E-state index in [9.17, 15) is 4.79 Å². The molecule has 2 aromatic heterocycles. The summed E-state index contributed by atoms with van der Waals surface area (Å²) in [5.74, 6) is -0.0847. The molecule has 29 heavy (non-hydrogen) atoms. The largest absolute Gasteiger partial charge is 0.352 e. The third-order valence-corrected chi connectivity index (χ3v) is 5.98. The zero-order chi connectivity index (χ0) is 20.2. The minimum absolute atomic E-state index is 0.0847. The van der Waals surface area contributed by atoms with Crippen molar-refractivity contribution in [2.24, 2.45) is 0 Å². The molecule has 4 rings (SSSR count). The van der Waals surface area contributed by atoms with Crippen LogP contribution in [0.3, 0.4) is 0 Å². The van der Waals surface area contributed by atoms with Crippen molar-refractivity contribution < 1.29 is 9.69 Å². The molecule has 1 aliphatic heterocycles. The van der Waals surface area contributed by atoms with Crippen molar-refractivity contribution in [2.75, 3.05) is 26.2 Å². The van der Waals surface area contributed by atoms with Gasteiger partial charge >= 0.3 is 0 Å². The number of fused-ring (bicyclic) bond motifs is 1. The minimum atomic E-state index is -0.0847. The van der Waals surface area contributed by atoms with E-state index in [1.54, 1.807) is 15.6 Å². The van der Waals surface area contributed by atoms with Crippen molar-refractivity contribution >= 4 is 11.6 Å². The van der Waals surface area contributed by atoms with Crippen LogP contribution in [0.1, 0.15) is 52.1 Å². The van der Waals surface area contributed by atoms with E-state index in [0.29, 0.717) is 17.8 Å². The number of hydrogen-bond acceptors (Lipinski definition) is 3. The van der Waals surface area contributed by atoms with Gasteiger partial charge < -0.3 is 10.2 Å². The van der Waals surface area contributed by atoms with Crippen LogP contribution < -0.4 is 10.2 Å². The number of hydrogen-bond donors (Lipinski definition) is 2. The summed E-state index contributed by atoms with van der Waals surface area (Å²) in [4.78, 5) is 19.1. The van der Waals surface area contributed by atoms with Crippen molar-refractivity contribution in [1.29, 1.82) is 0 Å². The number of likely N-dealkylation sites (tertiary alicyclic amines) is 1. The maximum absolute atomic E-state index is 12.7. The van der Waals surface area contributed by atoms with Gasteiger partial charge in [0, 0.05) is 43.6 Å². The van der Waals surface area contributed by atoms with Gasteiger partial charge in [0.05, 0.1) is 25.8 Å². The summed E-state index contributed by atoms with van der Waals surface area (Å²) in [5, 5.41) is 7.51. The molecule has 6 nitrogen and oxygen atoms in total. The van der Waals surface area contributed by atoms with Crippen LogP contribution in [-0.2, 0) is 6.42 Å². The van der Waals surface area contributed by atoms with Crippen molar-refractivity contribution in [3.63, 3.8) is 0 Å². The molecular formula is C23H30N5O+. The average Bonchev–Trinajstić information content (AvgIpc) is 3.39. The number of nitrogens with one attached hydrogen (secondary N) is 2. The molecule has 0 aliphatic carbocycles. The molecule has 0 atom stereocenters. The van der Waals surface area contributed by atoms with Gasteiger partial charge in [-0.15, -0.1) is 0 Å². The summed E-state index contributed by atoms with van der Waals surface area (Å²) < 4.78 is 1.80. The van der Waals surface area contributed by atoms with Gasteiger partial charge in [0.25, 0.3) is 5.91 Å². The molecule has 1 aliphatic rings. The quantitative estimate of drug-likeness (QED) is 0.602. The van der Waals surface area contributed by atoms with E-state index in [4.69, 9.17) is 4.98 Å². The number of quaternary nitrogens is 1. The number of nitrogens with zero attached hydrogens (tertiary/aromatic N) is 3. The lowest BCUT2D eigenvalue weighted by atomic mass is 10.0. The summed E-state index contributed by atoms with van der Waals surface area (Å²) in [5.41, 5.74) is 5.58. The van der Waals surface area contributed by atoms with E-state index < -0.39 is 0 Å². The number of aromatic nitrogens is 3. The highest BCUT2D eigenvalue weighted by Gasteiger charge is 2.19. The molecule has 0 saturated carbocycles. The van der Waals surface area contributed by atoms with Crippen LogP contribution in [0.5, 0.6) is 0 Å². The number of rotatable bonds is 7. The minimum Gasteiger partial charge on any atom is -0.352 e. The van der Waals surface area contributed by atoms with E-state index in [0.717, 1.165) is 36.3 Å². The highest BCUT2D eigenvalue weighted by atomic mass is 16.1. The summed E-state index contributed by atoms with van der Waals surface area (Å²) in [6, 6.07) is 10.4. The number of aryl methyl sites for hydroxylation is 2. The Hall–Kier alpha value is -2.73. The first-order valence-electron chi connectivity index (χ1n) is 10.6. The van der Waals surface area contributed by atoms with Gasteiger partial charge in [-0.2, -0.15) is 5.10 Å². The zero-order valence-corrected chi connectivity index (χ0v) is 17.4. The van der Waals surface area contributed by atoms with E-state index >= 15 is 0 Å². The fourth-order valence-corrected chi connectivity index (χ4v) is 4.29. The summed E-state index contributed by atoms with van der Waals surface area (Å²) in [6.07, 6.45) is 6.12. The Bertz CT molecular complexity index is 989. The van der Waals surface area contributed by atoms with Crippen LogP contribution in [0, 0.1) is 13.8 Å². The first kappa shape index (κ1) is 19.6. The Kier molecular flexibility index (Phi) is 5.90. The lowest BCUT2D eigenvalue weighted by molar-refractivity contribution is -0.887. The molecule has 1 amide bonds. The predicted molar refractivity (Wildman–Crippen MR) is 113 cm³/mol. The monoisotopic (exact) mass is 392 g/mol. The molecule has 0 radical (unpaired) electrons. The third-order valence-electron chi connectivity index (χ3n) is 5.98. The first-order chi connectivity index (χ1) is 14.1. The molecular weight excluding hydrogens is 362 g/mol. The molecule has 1 fully saturated rings. The Labute approximate surface area is 171 Å². The lowest BCUT2D eigenvalue weighted by Crippen LogP contribution is -3.10. The molecule has 0 unspecified atom stereocenters. The van der Waals surface area contributed by atoms with Gasteiger partial charge in [0.2, 0.25) is 0 Å².